The molecule has 0 saturated carbocycles. The Morgan fingerprint density at radius 3 is 1.50 bits per heavy atom. The first-order valence-electron chi connectivity index (χ1n) is 4.63. The Kier molecular flexibility index (Phi) is 12.0. The van der Waals surface area contributed by atoms with Gasteiger partial charge in [-0.15, -0.1) is 24.8 Å². The number of ether oxygens (including phenoxy) is 2. The van der Waals surface area contributed by atoms with Crippen molar-refractivity contribution in [2.75, 3.05) is 26.3 Å². The van der Waals surface area contributed by atoms with Crippen molar-refractivity contribution < 1.29 is 9.47 Å². The molecular weight excluding hydrogens is 251 g/mol. The van der Waals surface area contributed by atoms with Crippen LogP contribution in [0.3, 0.4) is 0 Å². The van der Waals surface area contributed by atoms with Crippen LogP contribution in [-0.4, -0.2) is 26.3 Å². The molecule has 1 rings (SSSR count). The van der Waals surface area contributed by atoms with Crippen molar-refractivity contribution >= 4 is 24.8 Å². The van der Waals surface area contributed by atoms with Crippen molar-refractivity contribution in [3.05, 3.63) is 24.3 Å². The fraction of sp³-hybridized carbons (Fsp3) is 0.400. The molecule has 1 aromatic rings. The summed E-state index contributed by atoms with van der Waals surface area (Å²) in [6.45, 7) is 1.96. The first-order valence-corrected chi connectivity index (χ1v) is 4.63. The van der Waals surface area contributed by atoms with Crippen LogP contribution in [0.4, 0.5) is 0 Å². The maximum Gasteiger partial charge on any atom is 0.161 e. The molecule has 94 valence electrons. The fourth-order valence-electron chi connectivity index (χ4n) is 1.03. The van der Waals surface area contributed by atoms with Gasteiger partial charge in [-0.1, -0.05) is 12.1 Å². The predicted octanol–water partition coefficient (Wildman–Crippen LogP) is 1.21. The van der Waals surface area contributed by atoms with E-state index in [4.69, 9.17) is 20.9 Å². The van der Waals surface area contributed by atoms with Crippen LogP contribution >= 0.6 is 24.8 Å². The average molecular weight is 269 g/mol. The van der Waals surface area contributed by atoms with E-state index < -0.39 is 0 Å². The third kappa shape index (κ3) is 6.02. The lowest BCUT2D eigenvalue weighted by molar-refractivity contribution is 0.278. The van der Waals surface area contributed by atoms with E-state index >= 15 is 0 Å². The Hall–Kier alpha value is -0.680. The molecular formula is C10H18Cl2N2O2. The van der Waals surface area contributed by atoms with Gasteiger partial charge in [0.05, 0.1) is 0 Å². The number of rotatable bonds is 6. The second-order valence-corrected chi connectivity index (χ2v) is 2.72. The van der Waals surface area contributed by atoms with Crippen LogP contribution in [0.2, 0.25) is 0 Å². The quantitative estimate of drug-likeness (QED) is 0.814. The summed E-state index contributed by atoms with van der Waals surface area (Å²) in [4.78, 5) is 0. The van der Waals surface area contributed by atoms with Gasteiger partial charge in [0, 0.05) is 13.1 Å². The van der Waals surface area contributed by atoms with Crippen molar-refractivity contribution in [3.63, 3.8) is 0 Å². The van der Waals surface area contributed by atoms with Crippen LogP contribution in [0.5, 0.6) is 11.5 Å². The minimum atomic E-state index is 0. The van der Waals surface area contributed by atoms with Gasteiger partial charge in [-0.05, 0) is 12.1 Å². The molecule has 0 spiro atoms. The highest BCUT2D eigenvalue weighted by atomic mass is 35.5. The summed E-state index contributed by atoms with van der Waals surface area (Å²) < 4.78 is 10.8. The van der Waals surface area contributed by atoms with E-state index in [0.29, 0.717) is 37.8 Å². The van der Waals surface area contributed by atoms with Gasteiger partial charge in [-0.3, -0.25) is 0 Å². The molecule has 0 aliphatic rings. The van der Waals surface area contributed by atoms with Crippen LogP contribution < -0.4 is 20.9 Å². The molecule has 0 aliphatic heterocycles. The van der Waals surface area contributed by atoms with Crippen LogP contribution in [0, 0.1) is 0 Å². The Morgan fingerprint density at radius 2 is 1.19 bits per heavy atom. The molecule has 0 bridgehead atoms. The molecule has 0 atom stereocenters. The van der Waals surface area contributed by atoms with Crippen LogP contribution in [-0.2, 0) is 0 Å². The van der Waals surface area contributed by atoms with Crippen LogP contribution in [0.1, 0.15) is 0 Å². The maximum atomic E-state index is 5.39. The number of para-hydroxylation sites is 2. The highest BCUT2D eigenvalue weighted by Gasteiger charge is 2.02. The van der Waals surface area contributed by atoms with E-state index in [9.17, 15) is 0 Å². The van der Waals surface area contributed by atoms with E-state index in [0.717, 1.165) is 0 Å². The Labute approximate surface area is 108 Å². The summed E-state index contributed by atoms with van der Waals surface area (Å²) in [6.07, 6.45) is 0. The lowest BCUT2D eigenvalue weighted by atomic mass is 10.3. The molecule has 0 amide bonds. The molecule has 6 heteroatoms. The molecule has 4 nitrogen and oxygen atoms in total. The standard InChI is InChI=1S/C10H16N2O2.2ClH/c11-5-7-13-9-3-1-2-4-10(9)14-8-6-12;;/h1-4H,5-8,11-12H2;2*1H. The summed E-state index contributed by atoms with van der Waals surface area (Å²) >= 11 is 0. The van der Waals surface area contributed by atoms with Crippen molar-refractivity contribution in [3.8, 4) is 11.5 Å². The summed E-state index contributed by atoms with van der Waals surface area (Å²) in [5, 5.41) is 0. The zero-order valence-electron chi connectivity index (χ0n) is 8.93. The second-order valence-electron chi connectivity index (χ2n) is 2.72. The zero-order chi connectivity index (χ0) is 10.2. The first kappa shape index (κ1) is 17.7. The monoisotopic (exact) mass is 268 g/mol. The zero-order valence-corrected chi connectivity index (χ0v) is 10.6. The molecule has 0 fully saturated rings. The van der Waals surface area contributed by atoms with Gasteiger partial charge in [-0.25, -0.2) is 0 Å². The van der Waals surface area contributed by atoms with Crippen molar-refractivity contribution in [1.82, 2.24) is 0 Å². The van der Waals surface area contributed by atoms with Crippen molar-refractivity contribution in [1.29, 1.82) is 0 Å². The van der Waals surface area contributed by atoms with Gasteiger partial charge in [0.2, 0.25) is 0 Å². The molecule has 0 saturated heterocycles. The topological polar surface area (TPSA) is 70.5 Å². The van der Waals surface area contributed by atoms with Crippen LogP contribution in [0.15, 0.2) is 24.3 Å². The van der Waals surface area contributed by atoms with E-state index in [-0.39, 0.29) is 24.8 Å². The summed E-state index contributed by atoms with van der Waals surface area (Å²) in [5.41, 5.74) is 10.7. The molecule has 0 aromatic heterocycles. The van der Waals surface area contributed by atoms with E-state index in [1.165, 1.54) is 0 Å². The van der Waals surface area contributed by atoms with Crippen LogP contribution in [0.25, 0.3) is 0 Å². The summed E-state index contributed by atoms with van der Waals surface area (Å²) in [6, 6.07) is 7.48. The average Bonchev–Trinajstić information content (AvgIpc) is 2.24. The van der Waals surface area contributed by atoms with Crippen molar-refractivity contribution in [2.24, 2.45) is 11.5 Å². The first-order chi connectivity index (χ1) is 6.88. The van der Waals surface area contributed by atoms with E-state index in [2.05, 4.69) is 0 Å². The van der Waals surface area contributed by atoms with Gasteiger partial charge in [0.25, 0.3) is 0 Å². The van der Waals surface area contributed by atoms with Gasteiger partial charge >= 0.3 is 0 Å². The third-order valence-corrected chi connectivity index (χ3v) is 1.60. The predicted molar refractivity (Wildman–Crippen MR) is 70.0 cm³/mol. The normalized spacial score (nSPS) is 8.62. The highest BCUT2D eigenvalue weighted by molar-refractivity contribution is 5.85. The number of benzene rings is 1. The number of halogens is 2. The minimum absolute atomic E-state index is 0. The molecule has 0 heterocycles. The lowest BCUT2D eigenvalue weighted by Gasteiger charge is -2.10. The maximum absolute atomic E-state index is 5.39. The third-order valence-electron chi connectivity index (χ3n) is 1.60. The number of hydrogen-bond acceptors (Lipinski definition) is 4. The largest absolute Gasteiger partial charge is 0.488 e. The van der Waals surface area contributed by atoms with Gasteiger partial charge in [0.15, 0.2) is 11.5 Å². The summed E-state index contributed by atoms with van der Waals surface area (Å²) in [7, 11) is 0. The molecule has 1 aromatic carbocycles. The van der Waals surface area contributed by atoms with Gasteiger partial charge in [-0.2, -0.15) is 0 Å². The summed E-state index contributed by atoms with van der Waals surface area (Å²) in [5.74, 6) is 1.43. The van der Waals surface area contributed by atoms with E-state index in [1.807, 2.05) is 24.3 Å². The van der Waals surface area contributed by atoms with Gasteiger partial charge in [0.1, 0.15) is 13.2 Å². The number of nitrogens with two attached hydrogens (primary N) is 2. The SMILES string of the molecule is Cl.Cl.NCCOc1ccccc1OCCN. The Bertz CT molecular complexity index is 248. The lowest BCUT2D eigenvalue weighted by Crippen LogP contribution is -2.13. The highest BCUT2D eigenvalue weighted by Crippen LogP contribution is 2.25. The van der Waals surface area contributed by atoms with Crippen molar-refractivity contribution in [2.45, 2.75) is 0 Å². The molecule has 0 aliphatic carbocycles. The molecule has 0 unspecified atom stereocenters. The molecule has 16 heavy (non-hydrogen) atoms. The Morgan fingerprint density at radius 1 is 0.812 bits per heavy atom. The second kappa shape index (κ2) is 10.8. The number of hydrogen-bond donors (Lipinski definition) is 2. The minimum Gasteiger partial charge on any atom is -0.488 e. The Balaban J connectivity index is 0. The van der Waals surface area contributed by atoms with E-state index in [1.54, 1.807) is 0 Å². The molecule has 0 radical (unpaired) electrons. The fourth-order valence-corrected chi connectivity index (χ4v) is 1.03. The van der Waals surface area contributed by atoms with Gasteiger partial charge < -0.3 is 20.9 Å². The molecule has 4 N–H and O–H groups in total. The smallest absolute Gasteiger partial charge is 0.161 e.